The van der Waals surface area contributed by atoms with E-state index in [9.17, 15) is 4.79 Å². The van der Waals surface area contributed by atoms with Crippen LogP contribution in [0.25, 0.3) is 11.1 Å². The van der Waals surface area contributed by atoms with Gasteiger partial charge in [0, 0.05) is 20.6 Å². The van der Waals surface area contributed by atoms with Gasteiger partial charge in [0.25, 0.3) is 5.91 Å². The Balaban J connectivity index is 1.65. The van der Waals surface area contributed by atoms with Gasteiger partial charge in [0.05, 0.1) is 11.6 Å². The Bertz CT molecular complexity index is 911. The van der Waals surface area contributed by atoms with Crippen LogP contribution in [0.1, 0.15) is 46.7 Å². The van der Waals surface area contributed by atoms with Gasteiger partial charge in [-0.3, -0.25) is 4.79 Å². The van der Waals surface area contributed by atoms with Gasteiger partial charge in [0.1, 0.15) is 23.6 Å². The number of aromatic nitrogens is 1. The van der Waals surface area contributed by atoms with Crippen LogP contribution in [0.5, 0.6) is 0 Å². The fraction of sp³-hybridized carbons (Fsp3) is 0.368. The highest BCUT2D eigenvalue weighted by atomic mass is 16.5. The van der Waals surface area contributed by atoms with Crippen molar-refractivity contribution in [3.05, 3.63) is 53.3 Å². The summed E-state index contributed by atoms with van der Waals surface area (Å²) in [6.45, 7) is 2.92. The van der Waals surface area contributed by atoms with Crippen molar-refractivity contribution in [1.29, 1.82) is 0 Å². The molecule has 6 nitrogen and oxygen atoms in total. The molecule has 1 atom stereocenters. The van der Waals surface area contributed by atoms with Crippen LogP contribution < -0.4 is 0 Å². The molecule has 1 aliphatic heterocycles. The smallest absolute Gasteiger partial charge is 0.256 e. The predicted octanol–water partition coefficient (Wildman–Crippen LogP) is 3.85. The summed E-state index contributed by atoms with van der Waals surface area (Å²) in [6.07, 6.45) is 1.84. The van der Waals surface area contributed by atoms with E-state index in [1.807, 2.05) is 29.2 Å². The number of oxazole rings is 1. The monoisotopic (exact) mass is 340 g/mol. The van der Waals surface area contributed by atoms with Crippen LogP contribution in [0, 0.1) is 6.92 Å². The van der Waals surface area contributed by atoms with E-state index in [-0.39, 0.29) is 11.9 Å². The average Bonchev–Trinajstić information content (AvgIpc) is 3.31. The van der Waals surface area contributed by atoms with Crippen molar-refractivity contribution in [3.63, 3.8) is 0 Å². The number of likely N-dealkylation sites (tertiary alicyclic amines) is 1. The van der Waals surface area contributed by atoms with Crippen LogP contribution in [-0.2, 0) is 11.3 Å². The number of rotatable bonds is 4. The molecule has 0 aliphatic carbocycles. The molecule has 0 unspecified atom stereocenters. The molecule has 1 aromatic carbocycles. The number of furan rings is 1. The van der Waals surface area contributed by atoms with Crippen LogP contribution in [0.3, 0.4) is 0 Å². The van der Waals surface area contributed by atoms with Gasteiger partial charge in [-0.2, -0.15) is 0 Å². The number of methoxy groups -OCH3 is 1. The molecule has 1 aliphatic rings. The zero-order chi connectivity index (χ0) is 17.4. The second-order valence-corrected chi connectivity index (χ2v) is 6.28. The fourth-order valence-electron chi connectivity index (χ4n) is 3.49. The lowest BCUT2D eigenvalue weighted by Gasteiger charge is -2.23. The molecule has 25 heavy (non-hydrogen) atoms. The minimum atomic E-state index is -0.0543. The standard InChI is InChI=1S/C19H20N2O4/c1-12-20-18-14(5-3-7-17(18)24-12)19(22)21-10-4-6-15(21)16-9-8-13(25-16)11-23-2/h3,5,7-9,15H,4,6,10-11H2,1-2H3/t15-/m0/s1. The number of carbonyl (C=O) groups is 1. The van der Waals surface area contributed by atoms with Crippen molar-refractivity contribution in [2.75, 3.05) is 13.7 Å². The van der Waals surface area contributed by atoms with Gasteiger partial charge in [0.2, 0.25) is 0 Å². The number of fused-ring (bicyclic) bond motifs is 1. The summed E-state index contributed by atoms with van der Waals surface area (Å²) in [5.74, 6) is 2.10. The lowest BCUT2D eigenvalue weighted by Crippen LogP contribution is -2.30. The number of benzene rings is 1. The van der Waals surface area contributed by atoms with Crippen LogP contribution in [0.15, 0.2) is 39.2 Å². The van der Waals surface area contributed by atoms with E-state index in [1.54, 1.807) is 20.1 Å². The first kappa shape index (κ1) is 15.9. The number of amides is 1. The number of carbonyl (C=O) groups excluding carboxylic acids is 1. The van der Waals surface area contributed by atoms with Crippen LogP contribution in [0.2, 0.25) is 0 Å². The van der Waals surface area contributed by atoms with E-state index in [2.05, 4.69) is 4.98 Å². The Labute approximate surface area is 145 Å². The number of ether oxygens (including phenoxy) is 1. The third-order valence-electron chi connectivity index (χ3n) is 4.57. The molecule has 0 radical (unpaired) electrons. The normalized spacial score (nSPS) is 17.5. The van der Waals surface area contributed by atoms with Gasteiger partial charge in [-0.15, -0.1) is 0 Å². The largest absolute Gasteiger partial charge is 0.461 e. The molecule has 0 saturated carbocycles. The zero-order valence-corrected chi connectivity index (χ0v) is 14.3. The number of aryl methyl sites for hydroxylation is 1. The highest BCUT2D eigenvalue weighted by Crippen LogP contribution is 2.35. The first-order valence-electron chi connectivity index (χ1n) is 8.42. The van der Waals surface area contributed by atoms with Crippen LogP contribution >= 0.6 is 0 Å². The predicted molar refractivity (Wildman–Crippen MR) is 91.2 cm³/mol. The van der Waals surface area contributed by atoms with Crippen molar-refractivity contribution in [3.8, 4) is 0 Å². The third kappa shape index (κ3) is 2.82. The SMILES string of the molecule is COCc1ccc([C@@H]2CCCN2C(=O)c2cccc3oc(C)nc23)o1. The molecule has 130 valence electrons. The lowest BCUT2D eigenvalue weighted by molar-refractivity contribution is 0.0717. The summed E-state index contributed by atoms with van der Waals surface area (Å²) >= 11 is 0. The van der Waals surface area contributed by atoms with Crippen molar-refractivity contribution < 1.29 is 18.4 Å². The highest BCUT2D eigenvalue weighted by Gasteiger charge is 2.33. The Hall–Kier alpha value is -2.60. The van der Waals surface area contributed by atoms with Gasteiger partial charge in [-0.05, 0) is 37.1 Å². The quantitative estimate of drug-likeness (QED) is 0.721. The summed E-state index contributed by atoms with van der Waals surface area (Å²) in [7, 11) is 1.63. The number of hydrogen-bond donors (Lipinski definition) is 0. The molecule has 0 bridgehead atoms. The Morgan fingerprint density at radius 3 is 3.04 bits per heavy atom. The maximum atomic E-state index is 13.2. The summed E-state index contributed by atoms with van der Waals surface area (Å²) in [5, 5.41) is 0. The first-order valence-corrected chi connectivity index (χ1v) is 8.42. The molecule has 1 saturated heterocycles. The molecule has 1 amide bonds. The summed E-state index contributed by atoms with van der Waals surface area (Å²) in [6, 6.07) is 9.25. The average molecular weight is 340 g/mol. The van der Waals surface area contributed by atoms with Crippen molar-refractivity contribution in [1.82, 2.24) is 9.88 Å². The van der Waals surface area contributed by atoms with Gasteiger partial charge in [-0.25, -0.2) is 4.98 Å². The van der Waals surface area contributed by atoms with E-state index in [4.69, 9.17) is 13.6 Å². The molecule has 4 rings (SSSR count). The molecular weight excluding hydrogens is 320 g/mol. The van der Waals surface area contributed by atoms with Crippen LogP contribution in [-0.4, -0.2) is 29.4 Å². The molecule has 0 N–H and O–H groups in total. The fourth-order valence-corrected chi connectivity index (χ4v) is 3.49. The molecule has 6 heteroatoms. The van der Waals surface area contributed by atoms with E-state index in [0.717, 1.165) is 24.4 Å². The number of nitrogens with zero attached hydrogens (tertiary/aromatic N) is 2. The molecule has 0 spiro atoms. The number of hydrogen-bond acceptors (Lipinski definition) is 5. The number of para-hydroxylation sites is 1. The van der Waals surface area contributed by atoms with Crippen molar-refractivity contribution >= 4 is 17.0 Å². The first-order chi connectivity index (χ1) is 12.2. The van der Waals surface area contributed by atoms with Crippen molar-refractivity contribution in [2.45, 2.75) is 32.4 Å². The molecule has 3 aromatic rings. The molecule has 3 heterocycles. The zero-order valence-electron chi connectivity index (χ0n) is 14.3. The Morgan fingerprint density at radius 1 is 1.32 bits per heavy atom. The third-order valence-corrected chi connectivity index (χ3v) is 4.57. The Morgan fingerprint density at radius 2 is 2.20 bits per heavy atom. The van der Waals surface area contributed by atoms with E-state index in [0.29, 0.717) is 35.7 Å². The minimum absolute atomic E-state index is 0.0360. The van der Waals surface area contributed by atoms with Gasteiger partial charge in [-0.1, -0.05) is 6.07 Å². The summed E-state index contributed by atoms with van der Waals surface area (Å²) < 4.78 is 16.5. The maximum Gasteiger partial charge on any atom is 0.256 e. The molecular formula is C19H20N2O4. The summed E-state index contributed by atoms with van der Waals surface area (Å²) in [4.78, 5) is 19.4. The summed E-state index contributed by atoms with van der Waals surface area (Å²) in [5.41, 5.74) is 1.83. The highest BCUT2D eigenvalue weighted by molar-refractivity contribution is 6.04. The second-order valence-electron chi connectivity index (χ2n) is 6.28. The molecule has 2 aromatic heterocycles. The van der Waals surface area contributed by atoms with Crippen LogP contribution in [0.4, 0.5) is 0 Å². The van der Waals surface area contributed by atoms with Gasteiger partial charge in [0.15, 0.2) is 11.5 Å². The van der Waals surface area contributed by atoms with Gasteiger partial charge >= 0.3 is 0 Å². The molecule has 1 fully saturated rings. The lowest BCUT2D eigenvalue weighted by atomic mass is 10.1. The van der Waals surface area contributed by atoms with E-state index >= 15 is 0 Å². The maximum absolute atomic E-state index is 13.2. The van der Waals surface area contributed by atoms with Crippen molar-refractivity contribution in [2.24, 2.45) is 0 Å². The minimum Gasteiger partial charge on any atom is -0.461 e. The van der Waals surface area contributed by atoms with E-state index < -0.39 is 0 Å². The van der Waals surface area contributed by atoms with E-state index in [1.165, 1.54) is 0 Å². The van der Waals surface area contributed by atoms with Gasteiger partial charge < -0.3 is 18.5 Å². The topological polar surface area (TPSA) is 68.7 Å². The Kier molecular flexibility index (Phi) is 4.05. The second kappa shape index (κ2) is 6.37.